The highest BCUT2D eigenvalue weighted by Crippen LogP contribution is 2.18. The van der Waals surface area contributed by atoms with Gasteiger partial charge in [0.2, 0.25) is 0 Å². The second kappa shape index (κ2) is 5.21. The summed E-state index contributed by atoms with van der Waals surface area (Å²) in [6.45, 7) is 9.01. The molecule has 0 amide bonds. The number of hydrogen-bond donors (Lipinski definition) is 0. The highest BCUT2D eigenvalue weighted by Gasteiger charge is 2.27. The first kappa shape index (κ1) is 12.0. The molecule has 1 aliphatic heterocycles. The molecular weight excluding hydrogens is 220 g/mol. The molecule has 1 fully saturated rings. The quantitative estimate of drug-likeness (QED) is 0.797. The summed E-state index contributed by atoms with van der Waals surface area (Å²) in [6.07, 6.45) is 0. The molecule has 90 valence electrons. The minimum Gasteiger partial charge on any atom is -0.304 e. The van der Waals surface area contributed by atoms with E-state index in [-0.39, 0.29) is 0 Å². The Labute approximate surface area is 101 Å². The largest absolute Gasteiger partial charge is 0.304 e. The monoisotopic (exact) mass is 240 g/mol. The van der Waals surface area contributed by atoms with Crippen LogP contribution < -0.4 is 0 Å². The maximum absolute atomic E-state index is 4.14. The molecule has 2 rings (SSSR count). The first-order valence-corrected chi connectivity index (χ1v) is 6.69. The smallest absolute Gasteiger partial charge is 0.0895 e. The van der Waals surface area contributed by atoms with Crippen LogP contribution in [0.2, 0.25) is 0 Å². The second-order valence-electron chi connectivity index (χ2n) is 4.94. The van der Waals surface area contributed by atoms with Crippen molar-refractivity contribution in [2.75, 3.05) is 26.7 Å². The molecule has 0 bridgehead atoms. The summed E-state index contributed by atoms with van der Waals surface area (Å²) in [5, 5.41) is 6.19. The fourth-order valence-electron chi connectivity index (χ4n) is 2.28. The van der Waals surface area contributed by atoms with E-state index in [1.807, 2.05) is 0 Å². The Morgan fingerprint density at radius 2 is 2.31 bits per heavy atom. The molecule has 0 radical (unpaired) electrons. The molecular formula is C11H20N4S. The van der Waals surface area contributed by atoms with Crippen molar-refractivity contribution >= 4 is 11.5 Å². The van der Waals surface area contributed by atoms with E-state index in [1.54, 1.807) is 0 Å². The van der Waals surface area contributed by atoms with E-state index in [0.29, 0.717) is 12.0 Å². The number of nitrogens with zero attached hydrogens (tertiary/aromatic N) is 4. The first-order chi connectivity index (χ1) is 7.66. The lowest BCUT2D eigenvalue weighted by Gasteiger charge is -2.41. The highest BCUT2D eigenvalue weighted by atomic mass is 32.1. The number of aromatic nitrogens is 2. The van der Waals surface area contributed by atoms with Crippen LogP contribution in [0, 0.1) is 5.92 Å². The molecule has 1 aromatic heterocycles. The number of piperazine rings is 1. The molecule has 1 aromatic rings. The third kappa shape index (κ3) is 2.78. The highest BCUT2D eigenvalue weighted by molar-refractivity contribution is 7.03. The van der Waals surface area contributed by atoms with Crippen molar-refractivity contribution in [1.82, 2.24) is 19.4 Å². The van der Waals surface area contributed by atoms with Crippen LogP contribution in [-0.4, -0.2) is 52.1 Å². The molecule has 1 saturated heterocycles. The molecule has 0 saturated carbocycles. The van der Waals surface area contributed by atoms with Gasteiger partial charge in [-0.15, -0.1) is 5.10 Å². The van der Waals surface area contributed by atoms with E-state index < -0.39 is 0 Å². The summed E-state index contributed by atoms with van der Waals surface area (Å²) < 4.78 is 3.93. The molecule has 4 nitrogen and oxygen atoms in total. The molecule has 1 atom stereocenters. The Hall–Kier alpha value is -0.520. The standard InChI is InChI=1S/C11H20N4S/c1-9(2)11-7-14(3)4-5-15(11)6-10-8-16-13-12-10/h8-9,11H,4-7H2,1-3H3/t11-/m0/s1. The Morgan fingerprint density at radius 3 is 2.94 bits per heavy atom. The van der Waals surface area contributed by atoms with Crippen LogP contribution in [0.3, 0.4) is 0 Å². The van der Waals surface area contributed by atoms with E-state index in [2.05, 4.69) is 45.7 Å². The van der Waals surface area contributed by atoms with Crippen molar-refractivity contribution in [3.8, 4) is 0 Å². The summed E-state index contributed by atoms with van der Waals surface area (Å²) in [6, 6.07) is 0.639. The number of rotatable bonds is 3. The minimum atomic E-state index is 0.639. The summed E-state index contributed by atoms with van der Waals surface area (Å²) in [4.78, 5) is 4.96. The van der Waals surface area contributed by atoms with E-state index in [4.69, 9.17) is 0 Å². The third-order valence-electron chi connectivity index (χ3n) is 3.28. The van der Waals surface area contributed by atoms with E-state index in [9.17, 15) is 0 Å². The first-order valence-electron chi connectivity index (χ1n) is 5.85. The van der Waals surface area contributed by atoms with Crippen molar-refractivity contribution in [3.63, 3.8) is 0 Å². The van der Waals surface area contributed by atoms with Crippen LogP contribution in [-0.2, 0) is 6.54 Å². The molecule has 0 spiro atoms. The molecule has 0 aliphatic carbocycles. The molecule has 0 N–H and O–H groups in total. The Balaban J connectivity index is 2.01. The topological polar surface area (TPSA) is 32.3 Å². The van der Waals surface area contributed by atoms with Gasteiger partial charge in [-0.05, 0) is 24.5 Å². The van der Waals surface area contributed by atoms with Crippen molar-refractivity contribution in [2.45, 2.75) is 26.4 Å². The Kier molecular flexibility index (Phi) is 3.89. The molecule has 2 heterocycles. The van der Waals surface area contributed by atoms with Gasteiger partial charge in [-0.2, -0.15) is 0 Å². The van der Waals surface area contributed by atoms with Crippen LogP contribution >= 0.6 is 11.5 Å². The second-order valence-corrected chi connectivity index (χ2v) is 5.55. The normalized spacial score (nSPS) is 24.1. The fraction of sp³-hybridized carbons (Fsp3) is 0.818. The van der Waals surface area contributed by atoms with Crippen LogP contribution in [0.15, 0.2) is 5.38 Å². The van der Waals surface area contributed by atoms with E-state index >= 15 is 0 Å². The van der Waals surface area contributed by atoms with Crippen molar-refractivity contribution in [3.05, 3.63) is 11.1 Å². The van der Waals surface area contributed by atoms with Gasteiger partial charge in [-0.1, -0.05) is 18.3 Å². The zero-order valence-electron chi connectivity index (χ0n) is 10.3. The Bertz CT molecular complexity index is 312. The minimum absolute atomic E-state index is 0.639. The van der Waals surface area contributed by atoms with Crippen molar-refractivity contribution in [1.29, 1.82) is 0 Å². The number of hydrogen-bond acceptors (Lipinski definition) is 5. The third-order valence-corrected chi connectivity index (χ3v) is 3.83. The van der Waals surface area contributed by atoms with Crippen LogP contribution in [0.4, 0.5) is 0 Å². The lowest BCUT2D eigenvalue weighted by Crippen LogP contribution is -2.53. The molecule has 16 heavy (non-hydrogen) atoms. The van der Waals surface area contributed by atoms with Gasteiger partial charge in [-0.3, -0.25) is 4.90 Å². The van der Waals surface area contributed by atoms with Gasteiger partial charge in [0.15, 0.2) is 0 Å². The lowest BCUT2D eigenvalue weighted by molar-refractivity contribution is 0.0561. The van der Waals surface area contributed by atoms with Gasteiger partial charge in [0.25, 0.3) is 0 Å². The SMILES string of the molecule is CC(C)[C@@H]1CN(C)CCN1Cc1csnn1. The van der Waals surface area contributed by atoms with Gasteiger partial charge in [-0.25, -0.2) is 0 Å². The number of likely N-dealkylation sites (N-methyl/N-ethyl adjacent to an activating group) is 1. The van der Waals surface area contributed by atoms with Crippen molar-refractivity contribution < 1.29 is 0 Å². The zero-order chi connectivity index (χ0) is 11.5. The maximum atomic E-state index is 4.14. The fourth-order valence-corrected chi connectivity index (χ4v) is 2.72. The summed E-state index contributed by atoms with van der Waals surface area (Å²) in [5.41, 5.74) is 1.11. The predicted molar refractivity (Wildman–Crippen MR) is 66.4 cm³/mol. The molecule has 1 aliphatic rings. The average Bonchev–Trinajstić information content (AvgIpc) is 2.73. The van der Waals surface area contributed by atoms with Crippen LogP contribution in [0.1, 0.15) is 19.5 Å². The molecule has 5 heteroatoms. The molecule has 0 unspecified atom stereocenters. The van der Waals surface area contributed by atoms with Gasteiger partial charge in [0.05, 0.1) is 5.69 Å². The summed E-state index contributed by atoms with van der Waals surface area (Å²) >= 11 is 1.44. The lowest BCUT2D eigenvalue weighted by atomic mass is 9.99. The van der Waals surface area contributed by atoms with Crippen LogP contribution in [0.5, 0.6) is 0 Å². The van der Waals surface area contributed by atoms with Crippen LogP contribution in [0.25, 0.3) is 0 Å². The summed E-state index contributed by atoms with van der Waals surface area (Å²) in [5.74, 6) is 0.689. The van der Waals surface area contributed by atoms with Crippen molar-refractivity contribution in [2.24, 2.45) is 5.92 Å². The van der Waals surface area contributed by atoms with E-state index in [0.717, 1.165) is 31.9 Å². The predicted octanol–water partition coefficient (Wildman–Crippen LogP) is 1.31. The van der Waals surface area contributed by atoms with Gasteiger partial charge in [0, 0.05) is 37.6 Å². The van der Waals surface area contributed by atoms with Gasteiger partial charge >= 0.3 is 0 Å². The van der Waals surface area contributed by atoms with E-state index in [1.165, 1.54) is 11.5 Å². The molecule has 0 aromatic carbocycles. The maximum Gasteiger partial charge on any atom is 0.0895 e. The Morgan fingerprint density at radius 1 is 1.50 bits per heavy atom. The zero-order valence-corrected chi connectivity index (χ0v) is 11.1. The average molecular weight is 240 g/mol. The summed E-state index contributed by atoms with van der Waals surface area (Å²) in [7, 11) is 2.21. The van der Waals surface area contributed by atoms with Gasteiger partial charge < -0.3 is 4.90 Å². The van der Waals surface area contributed by atoms with Gasteiger partial charge in [0.1, 0.15) is 0 Å².